The van der Waals surface area contributed by atoms with Gasteiger partial charge in [0.1, 0.15) is 24.0 Å². The second-order valence-corrected chi connectivity index (χ2v) is 8.37. The maximum atomic E-state index is 12.1. The van der Waals surface area contributed by atoms with Crippen molar-refractivity contribution in [3.8, 4) is 6.07 Å². The van der Waals surface area contributed by atoms with E-state index in [1.54, 1.807) is 32.9 Å². The van der Waals surface area contributed by atoms with Crippen molar-refractivity contribution in [2.75, 3.05) is 26.2 Å². The third kappa shape index (κ3) is 7.35. The molecule has 2 aromatic rings. The molecular formula is C23H32N6O8. The van der Waals surface area contributed by atoms with Gasteiger partial charge >= 0.3 is 17.9 Å². The summed E-state index contributed by atoms with van der Waals surface area (Å²) in [4.78, 5) is 40.1. The predicted molar refractivity (Wildman–Crippen MR) is 127 cm³/mol. The molecule has 2 aromatic heterocycles. The van der Waals surface area contributed by atoms with Crippen molar-refractivity contribution in [2.45, 2.75) is 64.6 Å². The quantitative estimate of drug-likeness (QED) is 0.162. The van der Waals surface area contributed by atoms with E-state index in [-0.39, 0.29) is 24.3 Å². The summed E-state index contributed by atoms with van der Waals surface area (Å²) < 4.78 is 28.6. The zero-order chi connectivity index (χ0) is 27.8. The number of ether oxygens (including phenoxy) is 5. The Morgan fingerprint density at radius 1 is 1.16 bits per heavy atom. The summed E-state index contributed by atoms with van der Waals surface area (Å²) in [6, 6.07) is 4.42. The number of nitrogen functional groups attached to an aromatic ring is 1. The average Bonchev–Trinajstić information content (AvgIpc) is 3.26. The van der Waals surface area contributed by atoms with Gasteiger partial charge in [0, 0.05) is 21.0 Å². The Labute approximate surface area is 213 Å². The number of nitrogens with two attached hydrogens (primary N) is 1. The monoisotopic (exact) mass is 520 g/mol. The highest BCUT2D eigenvalue weighted by Gasteiger charge is 2.50. The van der Waals surface area contributed by atoms with Gasteiger partial charge in [0.15, 0.2) is 18.0 Å². The van der Waals surface area contributed by atoms with Crippen molar-refractivity contribution >= 4 is 29.2 Å². The molecule has 202 valence electrons. The first kappa shape index (κ1) is 29.4. The smallest absolute Gasteiger partial charge is 0.323 e. The Morgan fingerprint density at radius 3 is 2.41 bits per heavy atom. The fraction of sp³-hybridized carbons (Fsp3) is 0.565. The lowest BCUT2D eigenvalue weighted by molar-refractivity contribution is -0.195. The van der Waals surface area contributed by atoms with E-state index in [2.05, 4.69) is 15.4 Å². The Hall–Kier alpha value is -3.80. The number of methoxy groups -OCH3 is 1. The lowest BCUT2D eigenvalue weighted by Crippen LogP contribution is -2.53. The highest BCUT2D eigenvalue weighted by molar-refractivity contribution is 5.75. The van der Waals surface area contributed by atoms with Crippen molar-refractivity contribution in [3.63, 3.8) is 0 Å². The van der Waals surface area contributed by atoms with E-state index < -0.39 is 48.4 Å². The summed E-state index contributed by atoms with van der Waals surface area (Å²) in [7, 11) is 1.22. The lowest BCUT2D eigenvalue weighted by atomic mass is 9.92. The van der Waals surface area contributed by atoms with Gasteiger partial charge < -0.3 is 29.4 Å². The van der Waals surface area contributed by atoms with E-state index in [1.165, 1.54) is 18.0 Å². The Bertz CT molecular complexity index is 1150. The number of nitrogens with one attached hydrogen (secondary N) is 1. The highest BCUT2D eigenvalue weighted by atomic mass is 16.6. The molecule has 0 saturated carbocycles. The molecule has 0 aliphatic carbocycles. The molecule has 0 bridgehead atoms. The number of nitriles is 1. The molecule has 14 heteroatoms. The van der Waals surface area contributed by atoms with Crippen LogP contribution in [0.1, 0.15) is 46.4 Å². The van der Waals surface area contributed by atoms with Crippen LogP contribution < -0.4 is 11.1 Å². The summed E-state index contributed by atoms with van der Waals surface area (Å²) in [5.41, 5.74) is 4.61. The van der Waals surface area contributed by atoms with Gasteiger partial charge in [-0.2, -0.15) is 10.4 Å². The molecule has 0 amide bonds. The molecule has 14 nitrogen and oxygen atoms in total. The van der Waals surface area contributed by atoms with Gasteiger partial charge in [-0.05, 0) is 32.9 Å². The van der Waals surface area contributed by atoms with Crippen LogP contribution in [0.4, 0.5) is 5.82 Å². The predicted octanol–water partition coefficient (Wildman–Crippen LogP) is 0.660. The number of carbonyl (C=O) groups is 3. The van der Waals surface area contributed by atoms with Crippen LogP contribution in [0.3, 0.4) is 0 Å². The number of hydrogen-bond donors (Lipinski definition) is 2. The Kier molecular flexibility index (Phi) is 10.3. The van der Waals surface area contributed by atoms with Gasteiger partial charge in [-0.15, -0.1) is 0 Å². The van der Waals surface area contributed by atoms with Gasteiger partial charge in [-0.3, -0.25) is 19.7 Å². The number of carbonyl (C=O) groups excluding carboxylic acids is 3. The molecule has 3 N–H and O–H groups in total. The van der Waals surface area contributed by atoms with Crippen LogP contribution in [0.15, 0.2) is 18.5 Å². The summed E-state index contributed by atoms with van der Waals surface area (Å²) in [5, 5.41) is 17.1. The Balaban J connectivity index is 2.39. The van der Waals surface area contributed by atoms with Crippen LogP contribution in [-0.4, -0.2) is 76.8 Å². The SMILES string of the molecule is COC(C#N)(COCN[C@@H](C)C(=O)OC(C)C)[C@@H](OC(C)=O)[C@@H](OC(C)=O)c1ccc2c(N)ncnn12. The molecule has 0 radical (unpaired) electrons. The van der Waals surface area contributed by atoms with Crippen LogP contribution in [0.5, 0.6) is 0 Å². The third-order valence-corrected chi connectivity index (χ3v) is 5.19. The van der Waals surface area contributed by atoms with E-state index >= 15 is 0 Å². The molecule has 0 spiro atoms. The summed E-state index contributed by atoms with van der Waals surface area (Å²) in [6.07, 6.45) is -1.94. The number of esters is 3. The highest BCUT2D eigenvalue weighted by Crippen LogP contribution is 2.34. The van der Waals surface area contributed by atoms with E-state index in [0.29, 0.717) is 5.52 Å². The minimum absolute atomic E-state index is 0.157. The number of nitrogens with zero attached hydrogens (tertiary/aromatic N) is 4. The number of hydrogen-bond acceptors (Lipinski definition) is 13. The van der Waals surface area contributed by atoms with Crippen molar-refractivity contribution in [2.24, 2.45) is 0 Å². The van der Waals surface area contributed by atoms with Crippen molar-refractivity contribution < 1.29 is 38.1 Å². The molecule has 0 saturated heterocycles. The fourth-order valence-corrected chi connectivity index (χ4v) is 3.43. The van der Waals surface area contributed by atoms with Gasteiger partial charge in [-0.25, -0.2) is 9.50 Å². The molecule has 0 fully saturated rings. The zero-order valence-electron chi connectivity index (χ0n) is 21.6. The van der Waals surface area contributed by atoms with Crippen LogP contribution in [0, 0.1) is 11.3 Å². The number of anilines is 1. The van der Waals surface area contributed by atoms with Gasteiger partial charge in [0.25, 0.3) is 0 Å². The molecule has 37 heavy (non-hydrogen) atoms. The molecule has 1 unspecified atom stereocenters. The second kappa shape index (κ2) is 12.9. The van der Waals surface area contributed by atoms with E-state index in [1.807, 2.05) is 6.07 Å². The molecular weight excluding hydrogens is 488 g/mol. The first-order valence-electron chi connectivity index (χ1n) is 11.4. The van der Waals surface area contributed by atoms with Gasteiger partial charge in [0.05, 0.1) is 25.1 Å². The van der Waals surface area contributed by atoms with Crippen LogP contribution in [0.25, 0.3) is 5.52 Å². The topological polar surface area (TPSA) is 189 Å². The van der Waals surface area contributed by atoms with Crippen LogP contribution >= 0.6 is 0 Å². The minimum Gasteiger partial charge on any atom is -0.462 e. The maximum absolute atomic E-state index is 12.1. The summed E-state index contributed by atoms with van der Waals surface area (Å²) in [6.45, 7) is 6.73. The molecule has 2 heterocycles. The molecule has 2 rings (SSSR count). The third-order valence-electron chi connectivity index (χ3n) is 5.19. The average molecular weight is 521 g/mol. The van der Waals surface area contributed by atoms with Gasteiger partial charge in [0.2, 0.25) is 5.60 Å². The zero-order valence-corrected chi connectivity index (χ0v) is 21.6. The number of rotatable bonds is 13. The minimum atomic E-state index is -1.95. The largest absolute Gasteiger partial charge is 0.462 e. The van der Waals surface area contributed by atoms with Crippen molar-refractivity contribution in [3.05, 3.63) is 24.2 Å². The number of aromatic nitrogens is 3. The summed E-state index contributed by atoms with van der Waals surface area (Å²) >= 11 is 0. The first-order valence-corrected chi connectivity index (χ1v) is 11.4. The molecule has 0 aliphatic heterocycles. The molecule has 0 aliphatic rings. The standard InChI is InChI=1S/C23H32N6O8/c1-13(2)35-22(32)14(3)27-12-34-10-23(9-24,33-6)20(37-16(5)31)19(36-15(4)30)17-7-8-18-21(25)26-11-28-29(17)18/h7-8,11,13-14,19-20,27H,10,12H2,1-6H3,(H2,25,26,28)/t14-,19-,20-,23?/m0/s1. The van der Waals surface area contributed by atoms with E-state index in [9.17, 15) is 19.6 Å². The van der Waals surface area contributed by atoms with Crippen molar-refractivity contribution in [1.29, 1.82) is 5.26 Å². The maximum Gasteiger partial charge on any atom is 0.323 e. The fourth-order valence-electron chi connectivity index (χ4n) is 3.43. The first-order chi connectivity index (χ1) is 17.5. The van der Waals surface area contributed by atoms with Crippen molar-refractivity contribution in [1.82, 2.24) is 19.9 Å². The number of fused-ring (bicyclic) bond motifs is 1. The van der Waals surface area contributed by atoms with Crippen LogP contribution in [-0.2, 0) is 38.1 Å². The molecule has 0 aromatic carbocycles. The Morgan fingerprint density at radius 2 is 1.84 bits per heavy atom. The second-order valence-electron chi connectivity index (χ2n) is 8.37. The van der Waals surface area contributed by atoms with Crippen LogP contribution in [0.2, 0.25) is 0 Å². The normalized spacial score (nSPS) is 15.3. The summed E-state index contributed by atoms with van der Waals surface area (Å²) in [5.74, 6) is -1.81. The molecule has 4 atom stereocenters. The lowest BCUT2D eigenvalue weighted by Gasteiger charge is -2.36. The van der Waals surface area contributed by atoms with E-state index in [4.69, 9.17) is 29.4 Å². The van der Waals surface area contributed by atoms with E-state index in [0.717, 1.165) is 13.8 Å². The van der Waals surface area contributed by atoms with Gasteiger partial charge in [-0.1, -0.05) is 0 Å².